The van der Waals surface area contributed by atoms with E-state index in [1.807, 2.05) is 40.2 Å². The minimum Gasteiger partial charge on any atom is -0.351 e. The summed E-state index contributed by atoms with van der Waals surface area (Å²) < 4.78 is 15.2. The summed E-state index contributed by atoms with van der Waals surface area (Å²) in [6, 6.07) is 15.0. The van der Waals surface area contributed by atoms with Gasteiger partial charge in [-0.05, 0) is 29.8 Å². The van der Waals surface area contributed by atoms with E-state index in [1.165, 1.54) is 23.9 Å². The van der Waals surface area contributed by atoms with Crippen LogP contribution >= 0.6 is 11.8 Å². The van der Waals surface area contributed by atoms with Gasteiger partial charge in [-0.15, -0.1) is 10.2 Å². The van der Waals surface area contributed by atoms with E-state index in [0.29, 0.717) is 23.3 Å². The van der Waals surface area contributed by atoms with Crippen LogP contribution in [0, 0.1) is 5.82 Å². The number of nitrogens with two attached hydrogens (primary N) is 1. The summed E-state index contributed by atoms with van der Waals surface area (Å²) in [5, 5.41) is 11.1. The molecule has 0 saturated carbocycles. The van der Waals surface area contributed by atoms with Gasteiger partial charge in [0.1, 0.15) is 5.82 Å². The quantitative estimate of drug-likeness (QED) is 0.595. The molecule has 2 aromatic carbocycles. The number of aromatic nitrogens is 3. The highest BCUT2D eigenvalue weighted by atomic mass is 32.2. The highest BCUT2D eigenvalue weighted by Crippen LogP contribution is 2.25. The van der Waals surface area contributed by atoms with Gasteiger partial charge in [-0.1, -0.05) is 42.1 Å². The van der Waals surface area contributed by atoms with Crippen LogP contribution in [0.2, 0.25) is 0 Å². The molecule has 0 atom stereocenters. The Morgan fingerprint density at radius 2 is 1.79 bits per heavy atom. The molecule has 0 bridgehead atoms. The minimum absolute atomic E-state index is 0.109. The molecule has 144 valence electrons. The van der Waals surface area contributed by atoms with Crippen LogP contribution < -0.4 is 11.1 Å². The van der Waals surface area contributed by atoms with Crippen LogP contribution in [0.4, 0.5) is 9.18 Å². The number of imide groups is 1. The fourth-order valence-electron chi connectivity index (χ4n) is 2.55. The molecule has 3 amide bonds. The largest absolute Gasteiger partial charge is 0.351 e. The van der Waals surface area contributed by atoms with Gasteiger partial charge in [0, 0.05) is 17.7 Å². The Bertz CT molecular complexity index is 960. The maximum atomic E-state index is 13.3. The Labute approximate surface area is 165 Å². The molecule has 1 heterocycles. The van der Waals surface area contributed by atoms with Gasteiger partial charge in [0.05, 0.1) is 6.54 Å². The van der Waals surface area contributed by atoms with Crippen molar-refractivity contribution in [3.05, 3.63) is 66.0 Å². The van der Waals surface area contributed by atoms with Crippen molar-refractivity contribution in [1.82, 2.24) is 20.1 Å². The topological polar surface area (TPSA) is 103 Å². The lowest BCUT2D eigenvalue weighted by Crippen LogP contribution is -2.35. The molecule has 7 nitrogen and oxygen atoms in total. The number of carbonyl (C=O) groups is 2. The molecular weight excluding hydrogens is 381 g/mol. The predicted molar refractivity (Wildman–Crippen MR) is 104 cm³/mol. The molecule has 3 rings (SSSR count). The number of nitrogens with one attached hydrogen (secondary N) is 1. The SMILES string of the molecule is NC(=O)NC(=O)CCSc1nnc(-c2ccc(F)cc2)n1Cc1ccccc1. The summed E-state index contributed by atoms with van der Waals surface area (Å²) in [6.45, 7) is 0.524. The third-order valence-corrected chi connectivity index (χ3v) is 4.79. The average Bonchev–Trinajstić information content (AvgIpc) is 3.05. The van der Waals surface area contributed by atoms with Crippen molar-refractivity contribution in [2.24, 2.45) is 5.73 Å². The van der Waals surface area contributed by atoms with Crippen LogP contribution in [0.3, 0.4) is 0 Å². The molecule has 28 heavy (non-hydrogen) atoms. The van der Waals surface area contributed by atoms with E-state index in [2.05, 4.69) is 10.2 Å². The smallest absolute Gasteiger partial charge is 0.318 e. The molecule has 0 spiro atoms. The first-order chi connectivity index (χ1) is 13.5. The van der Waals surface area contributed by atoms with Gasteiger partial charge in [0.15, 0.2) is 11.0 Å². The summed E-state index contributed by atoms with van der Waals surface area (Å²) in [5.74, 6) is 0.226. The van der Waals surface area contributed by atoms with Gasteiger partial charge in [0.2, 0.25) is 5.91 Å². The van der Waals surface area contributed by atoms with E-state index >= 15 is 0 Å². The van der Waals surface area contributed by atoms with Crippen molar-refractivity contribution in [3.63, 3.8) is 0 Å². The maximum absolute atomic E-state index is 13.3. The molecule has 0 aliphatic heterocycles. The van der Waals surface area contributed by atoms with Gasteiger partial charge in [-0.2, -0.15) is 0 Å². The Balaban J connectivity index is 1.82. The number of carbonyl (C=O) groups excluding carboxylic acids is 2. The normalized spacial score (nSPS) is 10.6. The molecular formula is C19H18FN5O2S. The first-order valence-electron chi connectivity index (χ1n) is 8.48. The van der Waals surface area contributed by atoms with E-state index in [1.54, 1.807) is 12.1 Å². The molecule has 0 fully saturated rings. The monoisotopic (exact) mass is 399 g/mol. The number of nitrogens with zero attached hydrogens (tertiary/aromatic N) is 3. The number of halogens is 1. The molecule has 0 saturated heterocycles. The van der Waals surface area contributed by atoms with Crippen molar-refractivity contribution in [3.8, 4) is 11.4 Å². The molecule has 9 heteroatoms. The molecule has 0 unspecified atom stereocenters. The summed E-state index contributed by atoms with van der Waals surface area (Å²) in [7, 11) is 0. The van der Waals surface area contributed by atoms with Gasteiger partial charge < -0.3 is 5.73 Å². The third kappa shape index (κ3) is 5.17. The van der Waals surface area contributed by atoms with Crippen molar-refractivity contribution < 1.29 is 14.0 Å². The number of hydrogen-bond donors (Lipinski definition) is 2. The standard InChI is InChI=1S/C19H18FN5O2S/c20-15-8-6-14(7-9-15)17-23-24-19(28-11-10-16(26)22-18(21)27)25(17)12-13-4-2-1-3-5-13/h1-9H,10-12H2,(H3,21,22,26,27). The zero-order chi connectivity index (χ0) is 19.9. The molecule has 3 aromatic rings. The summed E-state index contributed by atoms with van der Waals surface area (Å²) in [4.78, 5) is 22.3. The second kappa shape index (κ2) is 9.14. The van der Waals surface area contributed by atoms with Crippen LogP contribution in [0.15, 0.2) is 59.8 Å². The lowest BCUT2D eigenvalue weighted by Gasteiger charge is -2.10. The Morgan fingerprint density at radius 1 is 1.07 bits per heavy atom. The van der Waals surface area contributed by atoms with Crippen LogP contribution in [-0.4, -0.2) is 32.5 Å². The Kier molecular flexibility index (Phi) is 6.38. The minimum atomic E-state index is -0.874. The van der Waals surface area contributed by atoms with E-state index in [-0.39, 0.29) is 12.2 Å². The molecule has 0 aliphatic carbocycles. The van der Waals surface area contributed by atoms with E-state index in [0.717, 1.165) is 11.1 Å². The van der Waals surface area contributed by atoms with Gasteiger partial charge in [-0.25, -0.2) is 9.18 Å². The number of urea groups is 1. The molecule has 0 radical (unpaired) electrons. The number of amides is 3. The van der Waals surface area contributed by atoms with Gasteiger partial charge in [-0.3, -0.25) is 14.7 Å². The second-order valence-electron chi connectivity index (χ2n) is 5.90. The van der Waals surface area contributed by atoms with E-state index in [4.69, 9.17) is 5.73 Å². The first-order valence-corrected chi connectivity index (χ1v) is 9.46. The number of primary amides is 1. The van der Waals surface area contributed by atoms with Gasteiger partial charge >= 0.3 is 6.03 Å². The van der Waals surface area contributed by atoms with Crippen LogP contribution in [-0.2, 0) is 11.3 Å². The van der Waals surface area contributed by atoms with Crippen molar-refractivity contribution >= 4 is 23.7 Å². The van der Waals surface area contributed by atoms with Crippen LogP contribution in [0.1, 0.15) is 12.0 Å². The molecule has 3 N–H and O–H groups in total. The lowest BCUT2D eigenvalue weighted by atomic mass is 10.2. The van der Waals surface area contributed by atoms with E-state index < -0.39 is 11.9 Å². The predicted octanol–water partition coefficient (Wildman–Crippen LogP) is 2.81. The fraction of sp³-hybridized carbons (Fsp3) is 0.158. The number of benzene rings is 2. The fourth-order valence-corrected chi connectivity index (χ4v) is 3.43. The van der Waals surface area contributed by atoms with Crippen molar-refractivity contribution in [1.29, 1.82) is 0 Å². The first kappa shape index (κ1) is 19.6. The zero-order valence-corrected chi connectivity index (χ0v) is 15.7. The third-order valence-electron chi connectivity index (χ3n) is 3.83. The number of hydrogen-bond acceptors (Lipinski definition) is 5. The molecule has 1 aromatic heterocycles. The van der Waals surface area contributed by atoms with E-state index in [9.17, 15) is 14.0 Å². The van der Waals surface area contributed by atoms with Crippen LogP contribution in [0.5, 0.6) is 0 Å². The molecule has 0 aliphatic rings. The Hall–Kier alpha value is -3.20. The second-order valence-corrected chi connectivity index (χ2v) is 6.96. The summed E-state index contributed by atoms with van der Waals surface area (Å²) in [6.07, 6.45) is 0.109. The summed E-state index contributed by atoms with van der Waals surface area (Å²) in [5.41, 5.74) is 6.73. The highest BCUT2D eigenvalue weighted by molar-refractivity contribution is 7.99. The van der Waals surface area contributed by atoms with Crippen molar-refractivity contribution in [2.45, 2.75) is 18.1 Å². The van der Waals surface area contributed by atoms with Crippen molar-refractivity contribution in [2.75, 3.05) is 5.75 Å². The average molecular weight is 399 g/mol. The highest BCUT2D eigenvalue weighted by Gasteiger charge is 2.16. The summed E-state index contributed by atoms with van der Waals surface area (Å²) >= 11 is 1.34. The van der Waals surface area contributed by atoms with Gasteiger partial charge in [0.25, 0.3) is 0 Å². The van der Waals surface area contributed by atoms with Crippen LogP contribution in [0.25, 0.3) is 11.4 Å². The lowest BCUT2D eigenvalue weighted by molar-refractivity contribution is -0.119. The number of thioether (sulfide) groups is 1. The maximum Gasteiger partial charge on any atom is 0.318 e. The number of rotatable bonds is 7. The Morgan fingerprint density at radius 3 is 2.46 bits per heavy atom. The zero-order valence-electron chi connectivity index (χ0n) is 14.8.